The van der Waals surface area contributed by atoms with Crippen LogP contribution in [0, 0.1) is 5.92 Å². The molecule has 1 saturated carbocycles. The maximum Gasteiger partial charge on any atom is 0.0108 e. The van der Waals surface area contributed by atoms with Crippen LogP contribution in [0.15, 0.2) is 24.3 Å². The molecule has 2 fully saturated rings. The fraction of sp³-hybridized carbons (Fsp3) is 0.667. The summed E-state index contributed by atoms with van der Waals surface area (Å²) < 4.78 is 0. The van der Waals surface area contributed by atoms with E-state index in [1.54, 1.807) is 5.56 Å². The zero-order valence-electron chi connectivity index (χ0n) is 12.2. The van der Waals surface area contributed by atoms with Crippen LogP contribution < -0.4 is 5.32 Å². The molecular formula is C18H27N. The Kier molecular flexibility index (Phi) is 4.22. The van der Waals surface area contributed by atoms with E-state index >= 15 is 0 Å². The van der Waals surface area contributed by atoms with Crippen LogP contribution in [0.5, 0.6) is 0 Å². The van der Waals surface area contributed by atoms with Gasteiger partial charge < -0.3 is 5.32 Å². The normalized spacial score (nSPS) is 31.5. The first-order chi connectivity index (χ1) is 9.31. The van der Waals surface area contributed by atoms with Crippen molar-refractivity contribution in [1.82, 2.24) is 5.32 Å². The van der Waals surface area contributed by atoms with Crippen LogP contribution in [0.4, 0.5) is 0 Å². The van der Waals surface area contributed by atoms with Crippen LogP contribution in [0.25, 0.3) is 0 Å². The molecule has 1 saturated heterocycles. The van der Waals surface area contributed by atoms with Gasteiger partial charge in [0.1, 0.15) is 0 Å². The highest BCUT2D eigenvalue weighted by Crippen LogP contribution is 2.35. The van der Waals surface area contributed by atoms with Crippen molar-refractivity contribution >= 4 is 0 Å². The molecule has 1 aromatic rings. The molecule has 1 aliphatic carbocycles. The highest BCUT2D eigenvalue weighted by Gasteiger charge is 2.20. The van der Waals surface area contributed by atoms with E-state index in [-0.39, 0.29) is 0 Å². The van der Waals surface area contributed by atoms with Crippen molar-refractivity contribution in [3.8, 4) is 0 Å². The van der Waals surface area contributed by atoms with E-state index in [1.807, 2.05) is 0 Å². The van der Waals surface area contributed by atoms with Crippen LogP contribution in [-0.2, 0) is 6.42 Å². The third kappa shape index (κ3) is 3.39. The van der Waals surface area contributed by atoms with Crippen LogP contribution >= 0.6 is 0 Å². The molecule has 3 rings (SSSR count). The lowest BCUT2D eigenvalue weighted by Gasteiger charge is -2.27. The van der Waals surface area contributed by atoms with Crippen molar-refractivity contribution in [2.24, 2.45) is 5.92 Å². The van der Waals surface area contributed by atoms with Gasteiger partial charge in [0.2, 0.25) is 0 Å². The molecule has 1 nitrogen and oxygen atoms in total. The average Bonchev–Trinajstić information content (AvgIpc) is 2.93. The topological polar surface area (TPSA) is 12.0 Å². The minimum atomic E-state index is 0.724. The maximum absolute atomic E-state index is 3.61. The lowest BCUT2D eigenvalue weighted by atomic mass is 9.79. The molecule has 19 heavy (non-hydrogen) atoms. The van der Waals surface area contributed by atoms with Crippen molar-refractivity contribution in [3.63, 3.8) is 0 Å². The summed E-state index contributed by atoms with van der Waals surface area (Å²) in [5, 5.41) is 3.61. The van der Waals surface area contributed by atoms with E-state index in [9.17, 15) is 0 Å². The number of hydrogen-bond donors (Lipinski definition) is 1. The molecule has 1 heteroatoms. The van der Waals surface area contributed by atoms with Gasteiger partial charge >= 0.3 is 0 Å². The summed E-state index contributed by atoms with van der Waals surface area (Å²) >= 11 is 0. The third-order valence-electron chi connectivity index (χ3n) is 5.08. The SMILES string of the molecule is CC1CCC(c2cccc(CC3CCCN3)c2)CC1. The van der Waals surface area contributed by atoms with Gasteiger partial charge in [-0.05, 0) is 61.6 Å². The minimum absolute atomic E-state index is 0.724. The van der Waals surface area contributed by atoms with E-state index in [0.29, 0.717) is 0 Å². The first-order valence-corrected chi connectivity index (χ1v) is 8.13. The third-order valence-corrected chi connectivity index (χ3v) is 5.08. The Balaban J connectivity index is 1.65. The molecule has 0 aromatic heterocycles. The number of rotatable bonds is 3. The van der Waals surface area contributed by atoms with Crippen molar-refractivity contribution < 1.29 is 0 Å². The zero-order chi connectivity index (χ0) is 13.1. The highest BCUT2D eigenvalue weighted by molar-refractivity contribution is 5.27. The van der Waals surface area contributed by atoms with E-state index in [4.69, 9.17) is 0 Å². The number of hydrogen-bond acceptors (Lipinski definition) is 1. The zero-order valence-corrected chi connectivity index (χ0v) is 12.2. The summed E-state index contributed by atoms with van der Waals surface area (Å²) in [5.74, 6) is 1.77. The summed E-state index contributed by atoms with van der Waals surface area (Å²) in [5.41, 5.74) is 3.14. The van der Waals surface area contributed by atoms with Crippen molar-refractivity contribution in [3.05, 3.63) is 35.4 Å². The first-order valence-electron chi connectivity index (χ1n) is 8.13. The number of nitrogens with one attached hydrogen (secondary N) is 1. The molecule has 1 aromatic carbocycles. The van der Waals surface area contributed by atoms with Crippen molar-refractivity contribution in [2.75, 3.05) is 6.54 Å². The van der Waals surface area contributed by atoms with Gasteiger partial charge in [-0.2, -0.15) is 0 Å². The summed E-state index contributed by atoms with van der Waals surface area (Å²) in [6.07, 6.45) is 9.55. The van der Waals surface area contributed by atoms with Gasteiger partial charge in [-0.15, -0.1) is 0 Å². The smallest absolute Gasteiger partial charge is 0.0108 e. The number of benzene rings is 1. The lowest BCUT2D eigenvalue weighted by Crippen LogP contribution is -2.23. The second-order valence-electron chi connectivity index (χ2n) is 6.70. The fourth-order valence-corrected chi connectivity index (χ4v) is 3.78. The Labute approximate surface area is 117 Å². The molecular weight excluding hydrogens is 230 g/mol. The van der Waals surface area contributed by atoms with Crippen molar-refractivity contribution in [2.45, 2.75) is 63.8 Å². The van der Waals surface area contributed by atoms with E-state index < -0.39 is 0 Å². The summed E-state index contributed by atoms with van der Waals surface area (Å²) in [6.45, 7) is 3.61. The molecule has 0 bridgehead atoms. The van der Waals surface area contributed by atoms with E-state index in [2.05, 4.69) is 36.5 Å². The lowest BCUT2D eigenvalue weighted by molar-refractivity contribution is 0.348. The van der Waals surface area contributed by atoms with Crippen LogP contribution in [0.3, 0.4) is 0 Å². The van der Waals surface area contributed by atoms with E-state index in [0.717, 1.165) is 17.9 Å². The minimum Gasteiger partial charge on any atom is -0.314 e. The Morgan fingerprint density at radius 3 is 2.68 bits per heavy atom. The molecule has 1 atom stereocenters. The Morgan fingerprint density at radius 1 is 1.11 bits per heavy atom. The molecule has 2 aliphatic rings. The second-order valence-corrected chi connectivity index (χ2v) is 6.70. The molecule has 0 spiro atoms. The molecule has 1 heterocycles. The highest BCUT2D eigenvalue weighted by atomic mass is 14.9. The Bertz CT molecular complexity index is 398. The van der Waals surface area contributed by atoms with Gasteiger partial charge in [-0.25, -0.2) is 0 Å². The molecule has 0 radical (unpaired) electrons. The predicted octanol–water partition coefficient (Wildman–Crippen LogP) is 4.27. The fourth-order valence-electron chi connectivity index (χ4n) is 3.78. The molecule has 104 valence electrons. The second kappa shape index (κ2) is 6.09. The van der Waals surface area contributed by atoms with Crippen molar-refractivity contribution in [1.29, 1.82) is 0 Å². The average molecular weight is 257 g/mol. The maximum atomic E-state index is 3.61. The predicted molar refractivity (Wildman–Crippen MR) is 81.5 cm³/mol. The van der Waals surface area contributed by atoms with Gasteiger partial charge in [0.15, 0.2) is 0 Å². The van der Waals surface area contributed by atoms with Gasteiger partial charge in [0, 0.05) is 6.04 Å². The quantitative estimate of drug-likeness (QED) is 0.852. The summed E-state index contributed by atoms with van der Waals surface area (Å²) in [7, 11) is 0. The largest absolute Gasteiger partial charge is 0.314 e. The first kappa shape index (κ1) is 13.2. The monoisotopic (exact) mass is 257 g/mol. The Hall–Kier alpha value is -0.820. The van der Waals surface area contributed by atoms with Gasteiger partial charge in [-0.1, -0.05) is 44.0 Å². The van der Waals surface area contributed by atoms with Gasteiger partial charge in [0.05, 0.1) is 0 Å². The Morgan fingerprint density at radius 2 is 1.95 bits per heavy atom. The molecule has 1 unspecified atom stereocenters. The van der Waals surface area contributed by atoms with E-state index in [1.165, 1.54) is 57.1 Å². The van der Waals surface area contributed by atoms with Gasteiger partial charge in [-0.3, -0.25) is 0 Å². The van der Waals surface area contributed by atoms with Crippen LogP contribution in [0.1, 0.15) is 62.5 Å². The summed E-state index contributed by atoms with van der Waals surface area (Å²) in [6, 6.07) is 10.2. The molecule has 0 amide bonds. The van der Waals surface area contributed by atoms with Crippen LogP contribution in [0.2, 0.25) is 0 Å². The summed E-state index contributed by atoms with van der Waals surface area (Å²) in [4.78, 5) is 0. The standard InChI is InChI=1S/C18H27N/c1-14-7-9-16(10-8-14)17-5-2-4-15(12-17)13-18-6-3-11-19-18/h2,4-5,12,14,16,18-19H,3,6-11,13H2,1H3. The van der Waals surface area contributed by atoms with Crippen LogP contribution in [-0.4, -0.2) is 12.6 Å². The molecule has 1 aliphatic heterocycles. The van der Waals surface area contributed by atoms with Gasteiger partial charge in [0.25, 0.3) is 0 Å². The molecule has 1 N–H and O–H groups in total.